The number of likely N-dealkylation sites (N-methyl/N-ethyl adjacent to an activating group) is 1. The maximum Gasteiger partial charge on any atom is 0.279 e. The Morgan fingerprint density at radius 3 is 2.52 bits per heavy atom. The van der Waals surface area contributed by atoms with Gasteiger partial charge in [0.2, 0.25) is 11.8 Å². The third kappa shape index (κ3) is 3.25. The van der Waals surface area contributed by atoms with Crippen molar-refractivity contribution in [3.8, 4) is 11.5 Å². The molecule has 0 radical (unpaired) electrons. The van der Waals surface area contributed by atoms with E-state index < -0.39 is 6.10 Å². The zero-order chi connectivity index (χ0) is 16.4. The molecule has 1 heterocycles. The molecule has 1 aromatic heterocycles. The summed E-state index contributed by atoms with van der Waals surface area (Å²) in [6.45, 7) is 0. The molecule has 1 saturated carbocycles. The van der Waals surface area contributed by atoms with E-state index in [-0.39, 0.29) is 5.91 Å². The zero-order valence-electron chi connectivity index (χ0n) is 13.4. The van der Waals surface area contributed by atoms with E-state index in [9.17, 15) is 4.79 Å². The van der Waals surface area contributed by atoms with Crippen LogP contribution in [0, 0.1) is 0 Å². The average Bonchev–Trinajstić information content (AvgIpc) is 3.32. The number of carbonyl (C=O) groups is 1. The lowest BCUT2D eigenvalue weighted by Gasteiger charge is -2.20. The van der Waals surface area contributed by atoms with Crippen LogP contribution in [0.5, 0.6) is 0 Å². The molecular weight excluding hydrogens is 298 g/mol. The van der Waals surface area contributed by atoms with Crippen molar-refractivity contribution in [2.45, 2.75) is 24.9 Å². The van der Waals surface area contributed by atoms with Crippen LogP contribution in [0.2, 0.25) is 0 Å². The Morgan fingerprint density at radius 1 is 1.26 bits per heavy atom. The van der Waals surface area contributed by atoms with Crippen molar-refractivity contribution in [1.29, 1.82) is 0 Å². The average molecular weight is 317 g/mol. The molecule has 1 fully saturated rings. The molecule has 1 aliphatic rings. The van der Waals surface area contributed by atoms with Gasteiger partial charge in [-0.3, -0.25) is 9.63 Å². The quantitative estimate of drug-likeness (QED) is 0.761. The fourth-order valence-corrected chi connectivity index (χ4v) is 2.28. The highest BCUT2D eigenvalue weighted by Crippen LogP contribution is 2.40. The van der Waals surface area contributed by atoms with Gasteiger partial charge in [-0.25, -0.2) is 5.06 Å². The van der Waals surface area contributed by atoms with Gasteiger partial charge in [-0.15, -0.1) is 10.2 Å². The van der Waals surface area contributed by atoms with Crippen LogP contribution in [0.1, 0.15) is 36.3 Å². The van der Waals surface area contributed by atoms with Gasteiger partial charge in [-0.2, -0.15) is 0 Å². The standard InChI is InChI=1S/C16H19N3O4/c1-19(22-3)16(20)13(21-2)10-4-6-11(7-5-10)14-17-18-15(23-14)12-8-9-12/h4-7,12-13H,8-9H2,1-3H3. The van der Waals surface area contributed by atoms with Crippen LogP contribution in [0.25, 0.3) is 11.5 Å². The molecule has 0 N–H and O–H groups in total. The fraction of sp³-hybridized carbons (Fsp3) is 0.438. The Labute approximate surface area is 134 Å². The lowest BCUT2D eigenvalue weighted by atomic mass is 10.1. The molecule has 0 aliphatic heterocycles. The Hall–Kier alpha value is -2.25. The van der Waals surface area contributed by atoms with Gasteiger partial charge in [0.15, 0.2) is 6.10 Å². The SMILES string of the molecule is COC(C(=O)N(C)OC)c1ccc(-c2nnc(C3CC3)o2)cc1. The van der Waals surface area contributed by atoms with E-state index in [1.165, 1.54) is 14.2 Å². The number of hydrogen-bond acceptors (Lipinski definition) is 6. The topological polar surface area (TPSA) is 77.7 Å². The Kier molecular flexibility index (Phi) is 4.40. The summed E-state index contributed by atoms with van der Waals surface area (Å²) < 4.78 is 11.0. The number of benzene rings is 1. The molecule has 1 aromatic carbocycles. The molecule has 7 heteroatoms. The maximum absolute atomic E-state index is 12.2. The van der Waals surface area contributed by atoms with Crippen molar-refractivity contribution < 1.29 is 18.8 Å². The number of aromatic nitrogens is 2. The molecule has 0 saturated heterocycles. The summed E-state index contributed by atoms with van der Waals surface area (Å²) in [5, 5.41) is 9.29. The third-order valence-electron chi connectivity index (χ3n) is 3.87. The van der Waals surface area contributed by atoms with Crippen molar-refractivity contribution >= 4 is 5.91 Å². The summed E-state index contributed by atoms with van der Waals surface area (Å²) in [5.41, 5.74) is 1.54. The Balaban J connectivity index is 1.78. The molecule has 1 aliphatic carbocycles. The zero-order valence-corrected chi connectivity index (χ0v) is 13.4. The summed E-state index contributed by atoms with van der Waals surface area (Å²) >= 11 is 0. The van der Waals surface area contributed by atoms with E-state index >= 15 is 0 Å². The number of hydroxylamine groups is 2. The van der Waals surface area contributed by atoms with Crippen LogP contribution in [0.4, 0.5) is 0 Å². The van der Waals surface area contributed by atoms with Gasteiger partial charge >= 0.3 is 0 Å². The fourth-order valence-electron chi connectivity index (χ4n) is 2.28. The first-order valence-electron chi connectivity index (χ1n) is 7.42. The molecule has 3 rings (SSSR count). The smallest absolute Gasteiger partial charge is 0.279 e. The molecule has 1 atom stereocenters. The van der Waals surface area contributed by atoms with Crippen molar-refractivity contribution in [2.24, 2.45) is 0 Å². The number of hydrogen-bond donors (Lipinski definition) is 0. The molecular formula is C16H19N3O4. The summed E-state index contributed by atoms with van der Waals surface area (Å²) in [4.78, 5) is 17.1. The number of ether oxygens (including phenoxy) is 1. The number of methoxy groups -OCH3 is 1. The first-order chi connectivity index (χ1) is 11.1. The van der Waals surface area contributed by atoms with Gasteiger partial charge in [0, 0.05) is 25.6 Å². The van der Waals surface area contributed by atoms with E-state index in [2.05, 4.69) is 10.2 Å². The predicted octanol–water partition coefficient (Wildman–Crippen LogP) is 2.32. The molecule has 1 unspecified atom stereocenters. The van der Waals surface area contributed by atoms with Gasteiger partial charge in [-0.1, -0.05) is 12.1 Å². The lowest BCUT2D eigenvalue weighted by molar-refractivity contribution is -0.179. The molecule has 122 valence electrons. The van der Waals surface area contributed by atoms with Gasteiger partial charge in [0.25, 0.3) is 5.91 Å². The summed E-state index contributed by atoms with van der Waals surface area (Å²) in [6.07, 6.45) is 1.51. The lowest BCUT2D eigenvalue weighted by Crippen LogP contribution is -2.31. The first kappa shape index (κ1) is 15.6. The normalized spacial score (nSPS) is 15.4. The second kappa shape index (κ2) is 6.47. The second-order valence-corrected chi connectivity index (χ2v) is 5.48. The minimum absolute atomic E-state index is 0.281. The van der Waals surface area contributed by atoms with Gasteiger partial charge in [0.1, 0.15) is 0 Å². The summed E-state index contributed by atoms with van der Waals surface area (Å²) in [6, 6.07) is 7.30. The van der Waals surface area contributed by atoms with Gasteiger partial charge in [0.05, 0.1) is 7.11 Å². The number of amides is 1. The second-order valence-electron chi connectivity index (χ2n) is 5.48. The summed E-state index contributed by atoms with van der Waals surface area (Å²) in [7, 11) is 4.46. The van der Waals surface area contributed by atoms with E-state index in [0.717, 1.165) is 29.0 Å². The largest absolute Gasteiger partial charge is 0.420 e. The molecule has 1 amide bonds. The van der Waals surface area contributed by atoms with E-state index in [1.807, 2.05) is 24.3 Å². The molecule has 0 bridgehead atoms. The van der Waals surface area contributed by atoms with Crippen molar-refractivity contribution in [3.63, 3.8) is 0 Å². The van der Waals surface area contributed by atoms with Crippen molar-refractivity contribution in [2.75, 3.05) is 21.3 Å². The predicted molar refractivity (Wildman–Crippen MR) is 81.2 cm³/mol. The monoisotopic (exact) mass is 317 g/mol. The molecule has 7 nitrogen and oxygen atoms in total. The van der Waals surface area contributed by atoms with Crippen molar-refractivity contribution in [1.82, 2.24) is 15.3 Å². The van der Waals surface area contributed by atoms with Gasteiger partial charge < -0.3 is 9.15 Å². The van der Waals surface area contributed by atoms with Crippen LogP contribution in [0.3, 0.4) is 0 Å². The first-order valence-corrected chi connectivity index (χ1v) is 7.42. The number of carbonyl (C=O) groups excluding carboxylic acids is 1. The minimum atomic E-state index is -0.723. The number of rotatable bonds is 6. The van der Waals surface area contributed by atoms with Gasteiger partial charge in [-0.05, 0) is 30.5 Å². The molecule has 0 spiro atoms. The van der Waals surface area contributed by atoms with Crippen molar-refractivity contribution in [3.05, 3.63) is 35.7 Å². The third-order valence-corrected chi connectivity index (χ3v) is 3.87. The van der Waals surface area contributed by atoms with E-state index in [4.69, 9.17) is 14.0 Å². The number of nitrogens with zero attached hydrogens (tertiary/aromatic N) is 3. The van der Waals surface area contributed by atoms with E-state index in [0.29, 0.717) is 17.7 Å². The van der Waals surface area contributed by atoms with Crippen LogP contribution in [-0.2, 0) is 14.4 Å². The molecule has 2 aromatic rings. The van der Waals surface area contributed by atoms with Crippen LogP contribution in [0.15, 0.2) is 28.7 Å². The molecule has 23 heavy (non-hydrogen) atoms. The summed E-state index contributed by atoms with van der Waals surface area (Å²) in [5.74, 6) is 1.34. The minimum Gasteiger partial charge on any atom is -0.420 e. The van der Waals surface area contributed by atoms with Crippen LogP contribution >= 0.6 is 0 Å². The highest BCUT2D eigenvalue weighted by molar-refractivity contribution is 5.81. The maximum atomic E-state index is 12.2. The van der Waals surface area contributed by atoms with E-state index in [1.54, 1.807) is 7.05 Å². The van der Waals surface area contributed by atoms with Crippen LogP contribution < -0.4 is 0 Å². The highest BCUT2D eigenvalue weighted by atomic mass is 16.7. The van der Waals surface area contributed by atoms with Crippen LogP contribution in [-0.4, -0.2) is 42.4 Å². The highest BCUT2D eigenvalue weighted by Gasteiger charge is 2.29. The Morgan fingerprint density at radius 2 is 1.96 bits per heavy atom. The Bertz CT molecular complexity index is 679.